The molecule has 5 rings (SSSR count). The summed E-state index contributed by atoms with van der Waals surface area (Å²) in [7, 11) is 1.47. The maximum atomic E-state index is 10.6. The van der Waals surface area contributed by atoms with E-state index in [4.69, 9.17) is 23.7 Å². The highest BCUT2D eigenvalue weighted by molar-refractivity contribution is 6.13. The van der Waals surface area contributed by atoms with Gasteiger partial charge in [-0.05, 0) is 29.8 Å². The molecule has 0 saturated carbocycles. The van der Waals surface area contributed by atoms with Gasteiger partial charge in [0.05, 0.1) is 19.8 Å². The smallest absolute Gasteiger partial charge is 0.229 e. The molecule has 2 heterocycles. The van der Waals surface area contributed by atoms with Gasteiger partial charge in [-0.2, -0.15) is 0 Å². The fourth-order valence-electron chi connectivity index (χ4n) is 5.01. The van der Waals surface area contributed by atoms with E-state index in [2.05, 4.69) is 0 Å². The van der Waals surface area contributed by atoms with Crippen molar-refractivity contribution in [3.05, 3.63) is 42.5 Å². The highest BCUT2D eigenvalue weighted by atomic mass is 16.7. The van der Waals surface area contributed by atoms with Gasteiger partial charge in [0, 0.05) is 16.8 Å². The van der Waals surface area contributed by atoms with Crippen LogP contribution in [0.25, 0.3) is 21.5 Å². The number of aliphatic hydroxyl groups is 6. The second-order valence-electron chi connectivity index (χ2n) is 9.81. The summed E-state index contributed by atoms with van der Waals surface area (Å²) in [5.74, 6) is 0.691. The molecule has 0 aliphatic carbocycles. The van der Waals surface area contributed by atoms with Crippen LogP contribution in [0.3, 0.4) is 0 Å². The van der Waals surface area contributed by atoms with E-state index < -0.39 is 68.0 Å². The van der Waals surface area contributed by atoms with E-state index in [1.54, 1.807) is 24.3 Å². The lowest BCUT2D eigenvalue weighted by Crippen LogP contribution is -2.61. The number of fused-ring (bicyclic) bond motifs is 3. The third kappa shape index (κ3) is 5.11. The van der Waals surface area contributed by atoms with Gasteiger partial charge in [0.15, 0.2) is 6.29 Å². The molecule has 2 fully saturated rings. The fraction of sp³-hybridized carbons (Fsp3) is 0.481. The number of benzene rings is 3. The average molecular weight is 549 g/mol. The number of aliphatic hydroxyl groups excluding tert-OH is 6. The van der Waals surface area contributed by atoms with Crippen LogP contribution in [0.1, 0.15) is 6.92 Å². The molecule has 0 unspecified atom stereocenters. The van der Waals surface area contributed by atoms with Gasteiger partial charge in [0.1, 0.15) is 60.0 Å². The first-order chi connectivity index (χ1) is 18.6. The third-order valence-electron chi connectivity index (χ3n) is 7.25. The number of hydrogen-bond donors (Lipinski definition) is 7. The highest BCUT2D eigenvalue weighted by Gasteiger charge is 2.47. The highest BCUT2D eigenvalue weighted by Crippen LogP contribution is 2.40. The minimum Gasteiger partial charge on any atom is -0.507 e. The Morgan fingerprint density at radius 2 is 1.44 bits per heavy atom. The molecule has 2 aliphatic heterocycles. The molecule has 10 atom stereocenters. The van der Waals surface area contributed by atoms with Crippen LogP contribution >= 0.6 is 0 Å². The molecule has 212 valence electrons. The summed E-state index contributed by atoms with van der Waals surface area (Å²) in [6.45, 7) is 1.09. The number of methoxy groups -OCH3 is 1. The first-order valence-corrected chi connectivity index (χ1v) is 12.5. The topological polar surface area (TPSA) is 188 Å². The summed E-state index contributed by atoms with van der Waals surface area (Å²) in [4.78, 5) is 0. The summed E-state index contributed by atoms with van der Waals surface area (Å²) in [6, 6.07) is 12.0. The number of phenolic OH excluding ortho intramolecular Hbond substituents is 1. The molecule has 3 aromatic rings. The molecular weight excluding hydrogens is 516 g/mol. The van der Waals surface area contributed by atoms with Gasteiger partial charge in [-0.25, -0.2) is 0 Å². The fourth-order valence-corrected chi connectivity index (χ4v) is 5.01. The van der Waals surface area contributed by atoms with E-state index in [9.17, 15) is 35.7 Å². The maximum absolute atomic E-state index is 10.6. The molecule has 0 bridgehead atoms. The monoisotopic (exact) mass is 548 g/mol. The third-order valence-corrected chi connectivity index (χ3v) is 7.25. The summed E-state index contributed by atoms with van der Waals surface area (Å²) in [6.07, 6.45) is -14.1. The van der Waals surface area contributed by atoms with Gasteiger partial charge in [-0.15, -0.1) is 0 Å². The molecule has 12 nitrogen and oxygen atoms in total. The van der Waals surface area contributed by atoms with Gasteiger partial charge < -0.3 is 59.4 Å². The summed E-state index contributed by atoms with van der Waals surface area (Å²) in [5.41, 5.74) is 0. The minimum atomic E-state index is -1.66. The van der Waals surface area contributed by atoms with Crippen LogP contribution in [-0.4, -0.2) is 111 Å². The second-order valence-corrected chi connectivity index (χ2v) is 9.81. The molecule has 2 aliphatic rings. The van der Waals surface area contributed by atoms with Crippen LogP contribution in [0.4, 0.5) is 0 Å². The zero-order valence-corrected chi connectivity index (χ0v) is 21.2. The Morgan fingerprint density at radius 3 is 2.18 bits per heavy atom. The van der Waals surface area contributed by atoms with Crippen LogP contribution in [0.2, 0.25) is 0 Å². The number of aromatic hydroxyl groups is 1. The Hall–Kier alpha value is -2.78. The van der Waals surface area contributed by atoms with Crippen molar-refractivity contribution in [2.24, 2.45) is 0 Å². The van der Waals surface area contributed by atoms with Gasteiger partial charge in [-0.3, -0.25) is 0 Å². The Kier molecular flexibility index (Phi) is 7.84. The van der Waals surface area contributed by atoms with E-state index >= 15 is 0 Å². The predicted molar refractivity (Wildman–Crippen MR) is 135 cm³/mol. The zero-order chi connectivity index (χ0) is 28.0. The largest absolute Gasteiger partial charge is 0.507 e. The zero-order valence-electron chi connectivity index (χ0n) is 21.2. The van der Waals surface area contributed by atoms with Gasteiger partial charge in [0.2, 0.25) is 6.29 Å². The summed E-state index contributed by atoms with van der Waals surface area (Å²) < 4.78 is 28.1. The first kappa shape index (κ1) is 27.8. The Morgan fingerprint density at radius 1 is 0.744 bits per heavy atom. The average Bonchev–Trinajstić information content (AvgIpc) is 2.93. The Bertz CT molecular complexity index is 1320. The summed E-state index contributed by atoms with van der Waals surface area (Å²) >= 11 is 0. The molecule has 2 saturated heterocycles. The van der Waals surface area contributed by atoms with Crippen molar-refractivity contribution in [3.8, 4) is 17.2 Å². The van der Waals surface area contributed by atoms with Gasteiger partial charge >= 0.3 is 0 Å². The SMILES string of the molecule is COc1cc(O[C@@H]2O[C@H](CO[C@@H]3O[C@@H](C)[C@H](O)[C@@H](O)[C@H]3O)[C@@H](O)[C@H](O)[C@H]2O)cc2ccc3cccc(O)c3c12. The van der Waals surface area contributed by atoms with Crippen LogP contribution in [0.5, 0.6) is 17.2 Å². The lowest BCUT2D eigenvalue weighted by atomic mass is 9.98. The van der Waals surface area contributed by atoms with Gasteiger partial charge in [-0.1, -0.05) is 24.3 Å². The van der Waals surface area contributed by atoms with E-state index in [1.807, 2.05) is 18.2 Å². The molecule has 0 radical (unpaired) electrons. The number of hydrogen-bond acceptors (Lipinski definition) is 12. The maximum Gasteiger partial charge on any atom is 0.229 e. The molecular formula is C27H32O12. The van der Waals surface area contributed by atoms with Gasteiger partial charge in [0.25, 0.3) is 0 Å². The molecule has 39 heavy (non-hydrogen) atoms. The Labute approximate surface area is 223 Å². The first-order valence-electron chi connectivity index (χ1n) is 12.5. The normalized spacial score (nSPS) is 35.3. The second kappa shape index (κ2) is 11.0. The van der Waals surface area contributed by atoms with Crippen molar-refractivity contribution in [3.63, 3.8) is 0 Å². The number of rotatable bonds is 6. The van der Waals surface area contributed by atoms with E-state index in [0.29, 0.717) is 21.9 Å². The van der Waals surface area contributed by atoms with Crippen molar-refractivity contribution < 1.29 is 59.4 Å². The van der Waals surface area contributed by atoms with Crippen molar-refractivity contribution in [1.29, 1.82) is 0 Å². The minimum absolute atomic E-state index is 0.0829. The molecule has 0 spiro atoms. The van der Waals surface area contributed by atoms with Crippen LogP contribution in [0.15, 0.2) is 42.5 Å². The molecule has 3 aromatic carbocycles. The van der Waals surface area contributed by atoms with E-state index in [-0.39, 0.29) is 11.5 Å². The molecule has 0 amide bonds. The standard InChI is InChI=1S/C27H32O12/c1-11-20(29)22(31)24(33)26(37-11)36-10-17-21(30)23(32)25(34)27(39-17)38-14-8-13-7-6-12-4-3-5-15(28)18(12)19(13)16(9-14)35-2/h3-9,11,17,20-34H,10H2,1-2H3/t11-,17+,20-,21+,22+,23-,24+,25+,26+,27+/m0/s1. The predicted octanol–water partition coefficient (Wildman–Crippen LogP) is -0.262. The van der Waals surface area contributed by atoms with Crippen LogP contribution in [-0.2, 0) is 14.2 Å². The quantitative estimate of drug-likeness (QED) is 0.200. The lowest BCUT2D eigenvalue weighted by molar-refractivity contribution is -0.318. The summed E-state index contributed by atoms with van der Waals surface area (Å²) in [5, 5.41) is 74.8. The molecule has 0 aromatic heterocycles. The molecule has 7 N–H and O–H groups in total. The van der Waals surface area contributed by atoms with E-state index in [0.717, 1.165) is 5.39 Å². The Balaban J connectivity index is 1.36. The number of ether oxygens (including phenoxy) is 5. The van der Waals surface area contributed by atoms with Crippen LogP contribution < -0.4 is 9.47 Å². The molecule has 12 heteroatoms. The van der Waals surface area contributed by atoms with E-state index in [1.165, 1.54) is 14.0 Å². The lowest BCUT2D eigenvalue weighted by Gasteiger charge is -2.42. The van der Waals surface area contributed by atoms with Crippen molar-refractivity contribution in [1.82, 2.24) is 0 Å². The van der Waals surface area contributed by atoms with Crippen molar-refractivity contribution in [2.75, 3.05) is 13.7 Å². The van der Waals surface area contributed by atoms with Crippen molar-refractivity contribution >= 4 is 21.5 Å². The number of phenols is 1. The van der Waals surface area contributed by atoms with Crippen molar-refractivity contribution in [2.45, 2.75) is 68.3 Å². The van der Waals surface area contributed by atoms with Crippen LogP contribution in [0, 0.1) is 0 Å².